The molecule has 3 aliphatic rings. The number of nitrogens with one attached hydrogen (secondary N) is 1. The van der Waals surface area contributed by atoms with Gasteiger partial charge in [-0.15, -0.1) is 10.2 Å². The predicted octanol–water partition coefficient (Wildman–Crippen LogP) is 6.35. The first-order chi connectivity index (χ1) is 19.3. The second-order valence-corrected chi connectivity index (χ2v) is 13.6. The number of rotatable bonds is 10. The summed E-state index contributed by atoms with van der Waals surface area (Å²) >= 11 is 0. The first kappa shape index (κ1) is 30.1. The van der Waals surface area contributed by atoms with Gasteiger partial charge >= 0.3 is 0 Å². The molecule has 7 nitrogen and oxygen atoms in total. The molecule has 226 valence electrons. The van der Waals surface area contributed by atoms with E-state index in [1.807, 2.05) is 38.1 Å². The largest absolute Gasteiger partial charge is 0.399 e. The van der Waals surface area contributed by atoms with Gasteiger partial charge in [0.25, 0.3) is 0 Å². The molecule has 0 radical (unpaired) electrons. The number of hydrogen-bond acceptors (Lipinski definition) is 6. The van der Waals surface area contributed by atoms with E-state index in [1.165, 1.54) is 12.8 Å². The fourth-order valence-corrected chi connectivity index (χ4v) is 7.70. The highest BCUT2D eigenvalue weighted by molar-refractivity contribution is 5.89. The van der Waals surface area contributed by atoms with Gasteiger partial charge in [-0.2, -0.15) is 0 Å². The van der Waals surface area contributed by atoms with Crippen LogP contribution in [0.3, 0.4) is 0 Å². The van der Waals surface area contributed by atoms with Crippen molar-refractivity contribution in [2.75, 3.05) is 12.3 Å². The average Bonchev–Trinajstić information content (AvgIpc) is 3.41. The third kappa shape index (κ3) is 6.51. The SMILES string of the molecule is Cc1nnc(C(C)C)n1C1CC2CCC(C1)N2CC[C@H](NC(C)(C)C(=O)C1CCC(F)(F)CC1)c1ccc(N)cc1. The first-order valence-electron chi connectivity index (χ1n) is 15.6. The zero-order valence-electron chi connectivity index (χ0n) is 25.4. The lowest BCUT2D eigenvalue weighted by atomic mass is 9.78. The van der Waals surface area contributed by atoms with Crippen LogP contribution in [0, 0.1) is 12.8 Å². The van der Waals surface area contributed by atoms with Crippen molar-refractivity contribution < 1.29 is 13.6 Å². The van der Waals surface area contributed by atoms with E-state index >= 15 is 0 Å². The van der Waals surface area contributed by atoms with Crippen LogP contribution in [0.15, 0.2) is 24.3 Å². The molecular formula is C32H48F2N6O. The standard InChI is InChI=1S/C32H48F2N6O/c1-20(2)30-38-37-21(3)40(30)27-18-25-10-11-26(19-27)39(25)17-14-28(22-6-8-24(35)9-7-22)36-31(4,5)29(41)23-12-15-32(33,34)16-13-23/h6-9,20,23,25-28,36H,10-19,35H2,1-5H3/t25?,26?,27?,28-/m0/s1. The number of halogens is 2. The van der Waals surface area contributed by atoms with Gasteiger partial charge < -0.3 is 10.3 Å². The molecule has 2 aliphatic heterocycles. The smallest absolute Gasteiger partial charge is 0.248 e. The van der Waals surface area contributed by atoms with Crippen LogP contribution < -0.4 is 11.1 Å². The van der Waals surface area contributed by atoms with Gasteiger partial charge in [0.15, 0.2) is 5.78 Å². The highest BCUT2D eigenvalue weighted by atomic mass is 19.3. The molecule has 1 aromatic carbocycles. The van der Waals surface area contributed by atoms with E-state index in [9.17, 15) is 13.6 Å². The number of carbonyl (C=O) groups is 1. The van der Waals surface area contributed by atoms with Crippen LogP contribution in [0.1, 0.15) is 121 Å². The maximum Gasteiger partial charge on any atom is 0.248 e. The summed E-state index contributed by atoms with van der Waals surface area (Å²) in [5, 5.41) is 12.6. The van der Waals surface area contributed by atoms with Crippen molar-refractivity contribution >= 4 is 11.5 Å². The van der Waals surface area contributed by atoms with Crippen LogP contribution in [-0.4, -0.2) is 55.5 Å². The number of ketones is 1. The monoisotopic (exact) mass is 570 g/mol. The lowest BCUT2D eigenvalue weighted by Gasteiger charge is -2.41. The number of Topliss-reactive ketones (excluding diaryl/α,β-unsaturated/α-hetero) is 1. The number of aromatic nitrogens is 3. The van der Waals surface area contributed by atoms with Crippen molar-refractivity contribution in [3.05, 3.63) is 41.5 Å². The number of nitrogens with two attached hydrogens (primary N) is 1. The molecule has 2 bridgehead atoms. The van der Waals surface area contributed by atoms with E-state index in [4.69, 9.17) is 5.73 Å². The summed E-state index contributed by atoms with van der Waals surface area (Å²) in [7, 11) is 0. The zero-order chi connectivity index (χ0) is 29.5. The minimum Gasteiger partial charge on any atom is -0.399 e. The summed E-state index contributed by atoms with van der Waals surface area (Å²) in [6, 6.07) is 9.31. The molecule has 9 heteroatoms. The Kier molecular flexibility index (Phi) is 8.59. The maximum atomic E-state index is 13.8. The van der Waals surface area contributed by atoms with Gasteiger partial charge in [0.05, 0.1) is 5.54 Å². The molecule has 1 aromatic heterocycles. The number of hydrogen-bond donors (Lipinski definition) is 2. The van der Waals surface area contributed by atoms with E-state index < -0.39 is 11.5 Å². The number of nitrogens with zero attached hydrogens (tertiary/aromatic N) is 4. The molecule has 5 rings (SSSR count). The van der Waals surface area contributed by atoms with Crippen LogP contribution >= 0.6 is 0 Å². The van der Waals surface area contributed by atoms with Crippen LogP contribution in [0.25, 0.3) is 0 Å². The third-order valence-corrected chi connectivity index (χ3v) is 9.89. The van der Waals surface area contributed by atoms with Gasteiger partial charge in [0.2, 0.25) is 5.92 Å². The Morgan fingerprint density at radius 1 is 1.05 bits per heavy atom. The predicted molar refractivity (Wildman–Crippen MR) is 158 cm³/mol. The van der Waals surface area contributed by atoms with Gasteiger partial charge in [-0.05, 0) is 83.4 Å². The lowest BCUT2D eigenvalue weighted by Crippen LogP contribution is -2.52. The Morgan fingerprint density at radius 2 is 1.66 bits per heavy atom. The summed E-state index contributed by atoms with van der Waals surface area (Å²) in [6.45, 7) is 11.2. The van der Waals surface area contributed by atoms with Crippen LogP contribution in [0.4, 0.5) is 14.5 Å². The molecule has 0 amide bonds. The molecular weight excluding hydrogens is 522 g/mol. The van der Waals surface area contributed by atoms with Gasteiger partial charge in [-0.3, -0.25) is 15.0 Å². The minimum absolute atomic E-state index is 0.0413. The molecule has 3 fully saturated rings. The summed E-state index contributed by atoms with van der Waals surface area (Å²) in [5.74, 6) is -0.489. The van der Waals surface area contributed by atoms with Crippen molar-refractivity contribution in [1.29, 1.82) is 0 Å². The second-order valence-electron chi connectivity index (χ2n) is 13.6. The maximum absolute atomic E-state index is 13.8. The molecule has 2 aromatic rings. The molecule has 1 saturated carbocycles. The fraction of sp³-hybridized carbons (Fsp3) is 0.719. The summed E-state index contributed by atoms with van der Waals surface area (Å²) in [6.07, 6.45) is 5.57. The highest BCUT2D eigenvalue weighted by Gasteiger charge is 2.44. The number of fused-ring (bicyclic) bond motifs is 2. The zero-order valence-corrected chi connectivity index (χ0v) is 25.4. The summed E-state index contributed by atoms with van der Waals surface area (Å²) in [4.78, 5) is 16.3. The Bertz CT molecular complexity index is 1190. The van der Waals surface area contributed by atoms with E-state index in [0.29, 0.717) is 29.7 Å². The fourth-order valence-electron chi connectivity index (χ4n) is 7.70. The van der Waals surface area contributed by atoms with E-state index in [2.05, 4.69) is 45.8 Å². The van der Waals surface area contributed by atoms with Gasteiger partial charge in [0.1, 0.15) is 11.6 Å². The molecule has 1 aliphatic carbocycles. The number of nitrogen functional groups attached to an aromatic ring is 1. The number of aryl methyl sites for hydroxylation is 1. The Hall–Kier alpha value is -2.39. The second kappa shape index (κ2) is 11.7. The quantitative estimate of drug-likeness (QED) is 0.324. The number of benzene rings is 1. The van der Waals surface area contributed by atoms with Crippen LogP contribution in [0.5, 0.6) is 0 Å². The number of alkyl halides is 2. The molecule has 0 spiro atoms. The molecule has 2 saturated heterocycles. The van der Waals surface area contributed by atoms with Crippen molar-refractivity contribution in [3.63, 3.8) is 0 Å². The molecule has 3 atom stereocenters. The third-order valence-electron chi connectivity index (χ3n) is 9.89. The normalized spacial score (nSPS) is 26.0. The molecule has 3 heterocycles. The first-order valence-corrected chi connectivity index (χ1v) is 15.6. The number of piperidine rings is 1. The molecule has 2 unspecified atom stereocenters. The van der Waals surface area contributed by atoms with Crippen LogP contribution in [-0.2, 0) is 4.79 Å². The van der Waals surface area contributed by atoms with E-state index in [-0.39, 0.29) is 43.4 Å². The lowest BCUT2D eigenvalue weighted by molar-refractivity contribution is -0.132. The van der Waals surface area contributed by atoms with Crippen molar-refractivity contribution in [3.8, 4) is 0 Å². The van der Waals surface area contributed by atoms with Crippen molar-refractivity contribution in [2.45, 2.75) is 134 Å². The van der Waals surface area contributed by atoms with Crippen molar-refractivity contribution in [1.82, 2.24) is 25.0 Å². The topological polar surface area (TPSA) is 89.1 Å². The van der Waals surface area contributed by atoms with Gasteiger partial charge in [-0.25, -0.2) is 8.78 Å². The summed E-state index contributed by atoms with van der Waals surface area (Å²) in [5.41, 5.74) is 6.97. The average molecular weight is 571 g/mol. The summed E-state index contributed by atoms with van der Waals surface area (Å²) < 4.78 is 29.9. The molecule has 3 N–H and O–H groups in total. The number of carbonyl (C=O) groups excluding carboxylic acids is 1. The highest BCUT2D eigenvalue weighted by Crippen LogP contribution is 2.43. The van der Waals surface area contributed by atoms with Gasteiger partial charge in [-0.1, -0.05) is 26.0 Å². The Morgan fingerprint density at radius 3 is 2.24 bits per heavy atom. The van der Waals surface area contributed by atoms with Crippen LogP contribution in [0.2, 0.25) is 0 Å². The minimum atomic E-state index is -2.64. The van der Waals surface area contributed by atoms with Gasteiger partial charge in [0, 0.05) is 61.1 Å². The van der Waals surface area contributed by atoms with E-state index in [1.54, 1.807) is 0 Å². The van der Waals surface area contributed by atoms with E-state index in [0.717, 1.165) is 43.0 Å². The number of anilines is 1. The Labute approximate surface area is 243 Å². The Balaban J connectivity index is 1.28. The van der Waals surface area contributed by atoms with Crippen molar-refractivity contribution in [2.24, 2.45) is 5.92 Å². The molecule has 41 heavy (non-hydrogen) atoms.